The number of thiophene rings is 1. The van der Waals surface area contributed by atoms with Gasteiger partial charge in [0.15, 0.2) is 5.78 Å². The molecule has 1 aromatic heterocycles. The summed E-state index contributed by atoms with van der Waals surface area (Å²) in [6, 6.07) is 3.68. The molecule has 0 saturated carbocycles. The molecule has 76 valence electrons. The number of hydrogen-bond donors (Lipinski definition) is 0. The smallest absolute Gasteiger partial charge is 0.195 e. The minimum Gasteiger partial charge on any atom is -0.490 e. The summed E-state index contributed by atoms with van der Waals surface area (Å²) in [4.78, 5) is 12.3. The summed E-state index contributed by atoms with van der Waals surface area (Å²) < 4.78 is 5.28. The van der Waals surface area contributed by atoms with Gasteiger partial charge < -0.3 is 4.74 Å². The third kappa shape index (κ3) is 2.67. The van der Waals surface area contributed by atoms with Gasteiger partial charge >= 0.3 is 0 Å². The zero-order chi connectivity index (χ0) is 10.5. The molecule has 1 aliphatic rings. The Morgan fingerprint density at radius 2 is 2.47 bits per heavy atom. The minimum absolute atomic E-state index is 0.0176. The van der Waals surface area contributed by atoms with Crippen molar-refractivity contribution in [3.05, 3.63) is 58.5 Å². The van der Waals surface area contributed by atoms with Crippen molar-refractivity contribution in [3.63, 3.8) is 0 Å². The summed E-state index contributed by atoms with van der Waals surface area (Å²) in [6.45, 7) is 0.573. The molecule has 0 fully saturated rings. The van der Waals surface area contributed by atoms with E-state index in [1.165, 1.54) is 17.4 Å². The van der Waals surface area contributed by atoms with Crippen LogP contribution in [0.1, 0.15) is 9.67 Å². The molecule has 1 aromatic rings. The van der Waals surface area contributed by atoms with Gasteiger partial charge in [-0.3, -0.25) is 4.79 Å². The predicted molar refractivity (Wildman–Crippen MR) is 61.0 cm³/mol. The van der Waals surface area contributed by atoms with Crippen LogP contribution in [0.4, 0.5) is 0 Å². The lowest BCUT2D eigenvalue weighted by molar-refractivity contribution is 0.105. The van der Waals surface area contributed by atoms with Crippen molar-refractivity contribution >= 4 is 17.1 Å². The Morgan fingerprint density at radius 3 is 3.13 bits per heavy atom. The van der Waals surface area contributed by atoms with Crippen LogP contribution in [0.3, 0.4) is 0 Å². The van der Waals surface area contributed by atoms with E-state index in [2.05, 4.69) is 0 Å². The SMILES string of the molecule is O=C(/C=C/C1=CC=CCO1)c1cccs1. The van der Waals surface area contributed by atoms with Gasteiger partial charge in [-0.05, 0) is 35.8 Å². The van der Waals surface area contributed by atoms with Gasteiger partial charge in [0.1, 0.15) is 12.4 Å². The molecular weight excluding hydrogens is 208 g/mol. The van der Waals surface area contributed by atoms with E-state index in [0.29, 0.717) is 6.61 Å². The van der Waals surface area contributed by atoms with Gasteiger partial charge in [-0.1, -0.05) is 12.1 Å². The first-order valence-electron chi connectivity index (χ1n) is 4.62. The third-order valence-electron chi connectivity index (χ3n) is 1.91. The van der Waals surface area contributed by atoms with E-state index in [4.69, 9.17) is 4.74 Å². The van der Waals surface area contributed by atoms with Gasteiger partial charge in [0.05, 0.1) is 4.88 Å². The number of rotatable bonds is 3. The van der Waals surface area contributed by atoms with Crippen molar-refractivity contribution in [1.29, 1.82) is 0 Å². The average molecular weight is 218 g/mol. The zero-order valence-electron chi connectivity index (χ0n) is 8.05. The van der Waals surface area contributed by atoms with Crippen molar-refractivity contribution in [3.8, 4) is 0 Å². The first-order chi connectivity index (χ1) is 7.36. The first kappa shape index (κ1) is 9.93. The van der Waals surface area contributed by atoms with Gasteiger partial charge in [0.25, 0.3) is 0 Å². The molecule has 2 rings (SSSR count). The molecule has 1 aliphatic heterocycles. The molecule has 15 heavy (non-hydrogen) atoms. The second-order valence-electron chi connectivity index (χ2n) is 2.98. The summed E-state index contributed by atoms with van der Waals surface area (Å²) in [6.07, 6.45) is 8.90. The van der Waals surface area contributed by atoms with Crippen molar-refractivity contribution in [2.75, 3.05) is 6.61 Å². The van der Waals surface area contributed by atoms with Gasteiger partial charge in [-0.15, -0.1) is 11.3 Å². The molecule has 0 saturated heterocycles. The molecule has 0 atom stereocenters. The quantitative estimate of drug-likeness (QED) is 0.576. The summed E-state index contributed by atoms with van der Waals surface area (Å²) in [5.41, 5.74) is 0. The summed E-state index contributed by atoms with van der Waals surface area (Å²) in [5, 5.41) is 1.89. The van der Waals surface area contributed by atoms with Crippen molar-refractivity contribution in [1.82, 2.24) is 0 Å². The molecule has 3 heteroatoms. The third-order valence-corrected chi connectivity index (χ3v) is 2.79. The standard InChI is InChI=1S/C12H10O2S/c13-11(12-5-3-9-15-12)7-6-10-4-1-2-8-14-10/h1-7,9H,8H2/b7-6+. The van der Waals surface area contributed by atoms with E-state index < -0.39 is 0 Å². The number of ketones is 1. The van der Waals surface area contributed by atoms with E-state index in [-0.39, 0.29) is 5.78 Å². The maximum Gasteiger partial charge on any atom is 0.195 e. The fraction of sp³-hybridized carbons (Fsp3) is 0.0833. The normalized spacial score (nSPS) is 15.1. The number of hydrogen-bond acceptors (Lipinski definition) is 3. The lowest BCUT2D eigenvalue weighted by atomic mass is 10.2. The fourth-order valence-electron chi connectivity index (χ4n) is 1.17. The van der Waals surface area contributed by atoms with Crippen molar-refractivity contribution in [2.24, 2.45) is 0 Å². The molecular formula is C12H10O2S. The van der Waals surface area contributed by atoms with Gasteiger partial charge in [-0.2, -0.15) is 0 Å². The molecule has 0 spiro atoms. The van der Waals surface area contributed by atoms with Crippen LogP contribution in [0.15, 0.2) is 53.7 Å². The zero-order valence-corrected chi connectivity index (χ0v) is 8.87. The Labute approximate surface area is 92.2 Å². The van der Waals surface area contributed by atoms with Crippen LogP contribution < -0.4 is 0 Å². The molecule has 2 nitrogen and oxygen atoms in total. The number of carbonyl (C=O) groups excluding carboxylic acids is 1. The lowest BCUT2D eigenvalue weighted by Gasteiger charge is -2.05. The van der Waals surface area contributed by atoms with Crippen LogP contribution in [0.25, 0.3) is 0 Å². The van der Waals surface area contributed by atoms with E-state index in [1.54, 1.807) is 6.08 Å². The molecule has 0 bridgehead atoms. The van der Waals surface area contributed by atoms with Crippen LogP contribution in [0.5, 0.6) is 0 Å². The highest BCUT2D eigenvalue weighted by Gasteiger charge is 2.02. The number of allylic oxidation sites excluding steroid dienone is 4. The Bertz CT molecular complexity index is 424. The van der Waals surface area contributed by atoms with Crippen LogP contribution >= 0.6 is 11.3 Å². The minimum atomic E-state index is 0.0176. The van der Waals surface area contributed by atoms with Gasteiger partial charge in [0.2, 0.25) is 0 Å². The molecule has 0 aliphatic carbocycles. The predicted octanol–water partition coefficient (Wildman–Crippen LogP) is 2.96. The second kappa shape index (κ2) is 4.75. The highest BCUT2D eigenvalue weighted by Crippen LogP contribution is 2.11. The van der Waals surface area contributed by atoms with Gasteiger partial charge in [0, 0.05) is 0 Å². The largest absolute Gasteiger partial charge is 0.490 e. The Balaban J connectivity index is 2.02. The van der Waals surface area contributed by atoms with Crippen LogP contribution in [0, 0.1) is 0 Å². The Hall–Kier alpha value is -1.61. The molecule has 0 aromatic carbocycles. The maximum atomic E-state index is 11.6. The molecule has 0 amide bonds. The molecule has 0 radical (unpaired) electrons. The fourth-order valence-corrected chi connectivity index (χ4v) is 1.82. The Kier molecular flexibility index (Phi) is 3.15. The highest BCUT2D eigenvalue weighted by atomic mass is 32.1. The summed E-state index contributed by atoms with van der Waals surface area (Å²) in [5.74, 6) is 0.742. The molecule has 0 N–H and O–H groups in total. The van der Waals surface area contributed by atoms with E-state index in [0.717, 1.165) is 10.6 Å². The number of ether oxygens (including phenoxy) is 1. The van der Waals surface area contributed by atoms with Crippen molar-refractivity contribution < 1.29 is 9.53 Å². The van der Waals surface area contributed by atoms with E-state index >= 15 is 0 Å². The van der Waals surface area contributed by atoms with Crippen molar-refractivity contribution in [2.45, 2.75) is 0 Å². The van der Waals surface area contributed by atoms with E-state index in [1.807, 2.05) is 35.7 Å². The number of carbonyl (C=O) groups is 1. The average Bonchev–Trinajstić information content (AvgIpc) is 2.81. The van der Waals surface area contributed by atoms with Gasteiger partial charge in [-0.25, -0.2) is 0 Å². The summed E-state index contributed by atoms with van der Waals surface area (Å²) >= 11 is 1.44. The van der Waals surface area contributed by atoms with Crippen LogP contribution in [-0.2, 0) is 4.74 Å². The van der Waals surface area contributed by atoms with E-state index in [9.17, 15) is 4.79 Å². The lowest BCUT2D eigenvalue weighted by Crippen LogP contribution is -1.95. The maximum absolute atomic E-state index is 11.6. The first-order valence-corrected chi connectivity index (χ1v) is 5.50. The highest BCUT2D eigenvalue weighted by molar-refractivity contribution is 7.12. The topological polar surface area (TPSA) is 26.3 Å². The van der Waals surface area contributed by atoms with Crippen LogP contribution in [0.2, 0.25) is 0 Å². The molecule has 0 unspecified atom stereocenters. The monoisotopic (exact) mass is 218 g/mol. The summed E-state index contributed by atoms with van der Waals surface area (Å²) in [7, 11) is 0. The van der Waals surface area contributed by atoms with Crippen LogP contribution in [-0.4, -0.2) is 12.4 Å². The molecule has 2 heterocycles. The Morgan fingerprint density at radius 1 is 1.53 bits per heavy atom. The second-order valence-corrected chi connectivity index (χ2v) is 3.93.